The Balaban J connectivity index is 1.77. The van der Waals surface area contributed by atoms with E-state index in [0.717, 1.165) is 10.0 Å². The smallest absolute Gasteiger partial charge is 0.265 e. The van der Waals surface area contributed by atoms with E-state index in [-0.39, 0.29) is 28.7 Å². The van der Waals surface area contributed by atoms with Crippen LogP contribution in [0.5, 0.6) is 0 Å². The molecular weight excluding hydrogens is 502 g/mol. The lowest BCUT2D eigenvalue weighted by Crippen LogP contribution is -2.39. The van der Waals surface area contributed by atoms with Crippen LogP contribution in [0.25, 0.3) is 5.76 Å². The molecule has 2 N–H and O–H groups in total. The van der Waals surface area contributed by atoms with E-state index in [1.807, 2.05) is 36.4 Å². The second kappa shape index (κ2) is 8.10. The van der Waals surface area contributed by atoms with Crippen molar-refractivity contribution in [3.63, 3.8) is 0 Å². The van der Waals surface area contributed by atoms with Crippen LogP contribution < -0.4 is 10.0 Å². The Hall–Kier alpha value is -3.54. The van der Waals surface area contributed by atoms with Gasteiger partial charge >= 0.3 is 0 Å². The number of nitriles is 1. The summed E-state index contributed by atoms with van der Waals surface area (Å²) in [5.74, 6) is -0.812. The number of hydrogen-bond acceptors (Lipinski definition) is 5. The number of hydrogen-bond donors (Lipinski definition) is 1. The molecule has 6 nitrogen and oxygen atoms in total. The predicted molar refractivity (Wildman–Crippen MR) is 130 cm³/mol. The quantitative estimate of drug-likeness (QED) is 0.526. The predicted octanol–water partition coefficient (Wildman–Crippen LogP) is 4.98. The summed E-state index contributed by atoms with van der Waals surface area (Å²) in [5.41, 5.74) is 8.80. The van der Waals surface area contributed by atoms with Crippen molar-refractivity contribution in [2.45, 2.75) is 12.5 Å². The first-order valence-electron chi connectivity index (χ1n) is 10.1. The van der Waals surface area contributed by atoms with Gasteiger partial charge in [0, 0.05) is 10.0 Å². The number of rotatable bonds is 3. The van der Waals surface area contributed by atoms with E-state index in [9.17, 15) is 13.7 Å². The molecule has 0 aliphatic carbocycles. The van der Waals surface area contributed by atoms with Crippen LogP contribution in [0.2, 0.25) is 0 Å². The van der Waals surface area contributed by atoms with Gasteiger partial charge in [-0.05, 0) is 35.4 Å². The number of nitrogens with zero attached hydrogens (tertiary/aromatic N) is 2. The van der Waals surface area contributed by atoms with Crippen LogP contribution in [-0.4, -0.2) is 8.42 Å². The third kappa shape index (κ3) is 3.50. The highest BCUT2D eigenvalue weighted by Gasteiger charge is 2.47. The zero-order chi connectivity index (χ0) is 23.2. The van der Waals surface area contributed by atoms with Crippen LogP contribution in [-0.2, 0) is 21.3 Å². The van der Waals surface area contributed by atoms with Gasteiger partial charge < -0.3 is 10.5 Å². The average Bonchev–Trinajstić information content (AvgIpc) is 2.82. The molecule has 2 aliphatic rings. The minimum atomic E-state index is -4.07. The molecule has 2 aliphatic heterocycles. The maximum Gasteiger partial charge on any atom is 0.265 e. The van der Waals surface area contributed by atoms with Gasteiger partial charge in [-0.2, -0.15) is 5.26 Å². The number of nitrogens with two attached hydrogens (primary N) is 1. The van der Waals surface area contributed by atoms with Gasteiger partial charge in [-0.25, -0.2) is 8.42 Å². The molecule has 0 radical (unpaired) electrons. The van der Waals surface area contributed by atoms with Crippen molar-refractivity contribution in [1.29, 1.82) is 5.26 Å². The molecule has 0 fully saturated rings. The largest absolute Gasteiger partial charge is 0.439 e. The summed E-state index contributed by atoms with van der Waals surface area (Å²) in [7, 11) is -4.07. The van der Waals surface area contributed by atoms with Gasteiger partial charge in [0.05, 0.1) is 18.2 Å². The van der Waals surface area contributed by atoms with Crippen LogP contribution >= 0.6 is 15.9 Å². The minimum Gasteiger partial charge on any atom is -0.439 e. The minimum absolute atomic E-state index is 0.0187. The van der Waals surface area contributed by atoms with Crippen molar-refractivity contribution in [3.05, 3.63) is 116 Å². The molecule has 2 heterocycles. The molecule has 33 heavy (non-hydrogen) atoms. The summed E-state index contributed by atoms with van der Waals surface area (Å²) in [6.45, 7) is 0.144. The first-order valence-corrected chi connectivity index (χ1v) is 12.4. The maximum absolute atomic E-state index is 14.1. The summed E-state index contributed by atoms with van der Waals surface area (Å²) in [6, 6.07) is 25.8. The van der Waals surface area contributed by atoms with Gasteiger partial charge in [-0.1, -0.05) is 70.5 Å². The fraction of sp³-hybridized carbons (Fsp3) is 0.0800. The highest BCUT2D eigenvalue weighted by Crippen LogP contribution is 2.51. The second-order valence-corrected chi connectivity index (χ2v) is 10.4. The molecule has 0 aromatic heterocycles. The topological polar surface area (TPSA) is 96.4 Å². The summed E-state index contributed by atoms with van der Waals surface area (Å²) in [5, 5.41) is 9.90. The van der Waals surface area contributed by atoms with Crippen LogP contribution in [0.4, 0.5) is 5.69 Å². The Morgan fingerprint density at radius 2 is 1.67 bits per heavy atom. The standard InChI is InChI=1S/C25H18BrN3O3S/c26-18-12-10-17(11-13-18)22-20(14-27)25(28)32-23-19-8-4-5-9-21(19)29(33(30,31)24(22)23)15-16-6-2-1-3-7-16/h1-13,22H,15,28H2. The normalized spacial score (nSPS) is 18.8. The lowest BCUT2D eigenvalue weighted by molar-refractivity contribution is 0.357. The van der Waals surface area contributed by atoms with Crippen LogP contribution in [0.15, 0.2) is 99.7 Å². The van der Waals surface area contributed by atoms with E-state index < -0.39 is 15.9 Å². The third-order valence-electron chi connectivity index (χ3n) is 5.73. The Bertz CT molecular complexity index is 1460. The lowest BCUT2D eigenvalue weighted by atomic mass is 9.88. The third-order valence-corrected chi connectivity index (χ3v) is 8.14. The van der Waals surface area contributed by atoms with Gasteiger partial charge in [-0.15, -0.1) is 0 Å². The Morgan fingerprint density at radius 3 is 2.36 bits per heavy atom. The van der Waals surface area contributed by atoms with Crippen molar-refractivity contribution in [1.82, 2.24) is 0 Å². The Kier molecular flexibility index (Phi) is 5.23. The van der Waals surface area contributed by atoms with Crippen LogP contribution in [0, 0.1) is 11.3 Å². The number of fused-ring (bicyclic) bond motifs is 2. The zero-order valence-corrected chi connectivity index (χ0v) is 19.7. The molecule has 8 heteroatoms. The molecule has 1 atom stereocenters. The fourth-order valence-electron chi connectivity index (χ4n) is 4.22. The summed E-state index contributed by atoms with van der Waals surface area (Å²) in [4.78, 5) is 0.0187. The van der Waals surface area contributed by atoms with Crippen LogP contribution in [0.1, 0.15) is 22.6 Å². The summed E-state index contributed by atoms with van der Waals surface area (Å²) >= 11 is 3.41. The molecule has 5 rings (SSSR count). The second-order valence-electron chi connectivity index (χ2n) is 7.68. The molecule has 3 aromatic carbocycles. The molecule has 0 amide bonds. The van der Waals surface area contributed by atoms with Gasteiger partial charge in [-0.3, -0.25) is 4.31 Å². The van der Waals surface area contributed by atoms with Gasteiger partial charge in [0.2, 0.25) is 5.88 Å². The highest BCUT2D eigenvalue weighted by atomic mass is 79.9. The number of anilines is 1. The number of halogens is 1. The molecular formula is C25H18BrN3O3S. The zero-order valence-electron chi connectivity index (χ0n) is 17.3. The molecule has 164 valence electrons. The van der Waals surface area contributed by atoms with Crippen molar-refractivity contribution < 1.29 is 13.2 Å². The van der Waals surface area contributed by atoms with Crippen LogP contribution in [0.3, 0.4) is 0 Å². The van der Waals surface area contributed by atoms with Crippen molar-refractivity contribution >= 4 is 37.4 Å². The van der Waals surface area contributed by atoms with Crippen molar-refractivity contribution in [2.75, 3.05) is 4.31 Å². The van der Waals surface area contributed by atoms with E-state index in [1.165, 1.54) is 4.31 Å². The monoisotopic (exact) mass is 519 g/mol. The summed E-state index contributed by atoms with van der Waals surface area (Å²) in [6.07, 6.45) is 0. The number of benzene rings is 3. The molecule has 0 saturated carbocycles. The number of allylic oxidation sites excluding steroid dienone is 2. The van der Waals surface area contributed by atoms with E-state index in [1.54, 1.807) is 42.5 Å². The van der Waals surface area contributed by atoms with E-state index in [0.29, 0.717) is 16.8 Å². The molecule has 0 saturated heterocycles. The molecule has 0 spiro atoms. The lowest BCUT2D eigenvalue weighted by Gasteiger charge is -2.38. The SMILES string of the molecule is N#CC1=C(N)OC2=C(C1c1ccc(Br)cc1)S(=O)(=O)N(Cc1ccccc1)c1ccccc12. The number of sulfonamides is 1. The first kappa shape index (κ1) is 21.3. The van der Waals surface area contributed by atoms with Gasteiger partial charge in [0.15, 0.2) is 5.76 Å². The van der Waals surface area contributed by atoms with E-state index in [4.69, 9.17) is 10.5 Å². The van der Waals surface area contributed by atoms with Gasteiger partial charge in [0.25, 0.3) is 10.0 Å². The Morgan fingerprint density at radius 1 is 1.00 bits per heavy atom. The molecule has 1 unspecified atom stereocenters. The van der Waals surface area contributed by atoms with E-state index >= 15 is 0 Å². The Labute approximate surface area is 200 Å². The van der Waals surface area contributed by atoms with Gasteiger partial charge in [0.1, 0.15) is 16.5 Å². The molecule has 0 bridgehead atoms. The maximum atomic E-state index is 14.1. The van der Waals surface area contributed by atoms with Crippen molar-refractivity contribution in [3.8, 4) is 6.07 Å². The van der Waals surface area contributed by atoms with Crippen molar-refractivity contribution in [2.24, 2.45) is 5.73 Å². The van der Waals surface area contributed by atoms with E-state index in [2.05, 4.69) is 22.0 Å². The highest BCUT2D eigenvalue weighted by molar-refractivity contribution is 9.10. The molecule has 3 aromatic rings. The fourth-order valence-corrected chi connectivity index (χ4v) is 6.39. The number of para-hydroxylation sites is 1. The average molecular weight is 520 g/mol. The number of ether oxygens (including phenoxy) is 1. The first-order chi connectivity index (χ1) is 15.9. The summed E-state index contributed by atoms with van der Waals surface area (Å²) < 4.78 is 36.3.